The number of nitrogens with one attached hydrogen (secondary N) is 1. The van der Waals surface area contributed by atoms with E-state index in [1.165, 1.54) is 6.07 Å². The molecule has 4 heteroatoms. The summed E-state index contributed by atoms with van der Waals surface area (Å²) in [6.45, 7) is 2.04. The van der Waals surface area contributed by atoms with E-state index in [1.54, 1.807) is 12.4 Å². The fraction of sp³-hybridized carbons (Fsp3) is 0.400. The molecular formula is C15H18FN3. The molecule has 1 N–H and O–H groups in total. The maximum atomic E-state index is 14.0. The van der Waals surface area contributed by atoms with E-state index in [1.807, 2.05) is 23.7 Å². The van der Waals surface area contributed by atoms with Gasteiger partial charge in [0.1, 0.15) is 5.82 Å². The lowest BCUT2D eigenvalue weighted by Gasteiger charge is -2.24. The van der Waals surface area contributed by atoms with Gasteiger partial charge in [-0.3, -0.25) is 0 Å². The molecule has 1 aliphatic heterocycles. The molecule has 0 radical (unpaired) electrons. The van der Waals surface area contributed by atoms with Gasteiger partial charge in [0.15, 0.2) is 0 Å². The Hall–Kier alpha value is -1.68. The maximum absolute atomic E-state index is 14.0. The molecule has 0 unspecified atom stereocenters. The van der Waals surface area contributed by atoms with Gasteiger partial charge in [0.2, 0.25) is 0 Å². The molecule has 3 rings (SSSR count). The second-order valence-corrected chi connectivity index (χ2v) is 5.09. The molecule has 3 nitrogen and oxygen atoms in total. The first-order valence-electron chi connectivity index (χ1n) is 6.74. The van der Waals surface area contributed by atoms with Crippen LogP contribution in [0.25, 0.3) is 11.3 Å². The summed E-state index contributed by atoms with van der Waals surface area (Å²) in [5, 5.41) is 3.36. The van der Waals surface area contributed by atoms with Crippen molar-refractivity contribution in [3.05, 3.63) is 42.1 Å². The molecule has 0 aliphatic carbocycles. The van der Waals surface area contributed by atoms with Gasteiger partial charge in [-0.1, -0.05) is 12.1 Å². The Kier molecular flexibility index (Phi) is 3.34. The highest BCUT2D eigenvalue weighted by atomic mass is 19.1. The molecule has 1 aliphatic rings. The summed E-state index contributed by atoms with van der Waals surface area (Å²) in [6.07, 6.45) is 3.96. The van der Waals surface area contributed by atoms with Gasteiger partial charge in [-0.25, -0.2) is 9.37 Å². The molecular weight excluding hydrogens is 241 g/mol. The van der Waals surface area contributed by atoms with E-state index in [0.29, 0.717) is 11.5 Å². The van der Waals surface area contributed by atoms with Crippen LogP contribution in [0.15, 0.2) is 30.6 Å². The predicted molar refractivity (Wildman–Crippen MR) is 73.4 cm³/mol. The SMILES string of the molecule is Cn1cnc(-c2ccccc2F)c1C1CCNCC1. The zero-order valence-corrected chi connectivity index (χ0v) is 11.1. The second kappa shape index (κ2) is 5.13. The standard InChI is InChI=1S/C15H18FN3/c1-19-10-18-14(12-4-2-3-5-13(12)16)15(19)11-6-8-17-9-7-11/h2-5,10-11,17H,6-9H2,1H3. The molecule has 0 amide bonds. The first-order valence-corrected chi connectivity index (χ1v) is 6.74. The molecule has 0 saturated carbocycles. The van der Waals surface area contributed by atoms with Crippen LogP contribution >= 0.6 is 0 Å². The third-order valence-electron chi connectivity index (χ3n) is 3.84. The summed E-state index contributed by atoms with van der Waals surface area (Å²) in [6, 6.07) is 6.88. The zero-order chi connectivity index (χ0) is 13.2. The molecule has 1 aromatic carbocycles. The predicted octanol–water partition coefficient (Wildman–Crippen LogP) is 2.69. The molecule has 1 fully saturated rings. The smallest absolute Gasteiger partial charge is 0.132 e. The summed E-state index contributed by atoms with van der Waals surface area (Å²) in [5.41, 5.74) is 2.57. The summed E-state index contributed by atoms with van der Waals surface area (Å²) < 4.78 is 16.0. The van der Waals surface area contributed by atoms with Crippen molar-refractivity contribution >= 4 is 0 Å². The Bertz CT molecular complexity index is 571. The first kappa shape index (κ1) is 12.4. The Morgan fingerprint density at radius 2 is 2.00 bits per heavy atom. The first-order chi connectivity index (χ1) is 9.27. The lowest BCUT2D eigenvalue weighted by Crippen LogP contribution is -2.27. The largest absolute Gasteiger partial charge is 0.337 e. The fourth-order valence-corrected chi connectivity index (χ4v) is 2.88. The average Bonchev–Trinajstić information content (AvgIpc) is 2.82. The highest BCUT2D eigenvalue weighted by Crippen LogP contribution is 2.33. The van der Waals surface area contributed by atoms with Crippen LogP contribution in [0, 0.1) is 5.82 Å². The minimum Gasteiger partial charge on any atom is -0.337 e. The Morgan fingerprint density at radius 1 is 1.26 bits per heavy atom. The minimum absolute atomic E-state index is 0.198. The van der Waals surface area contributed by atoms with Gasteiger partial charge < -0.3 is 9.88 Å². The quantitative estimate of drug-likeness (QED) is 0.898. The van der Waals surface area contributed by atoms with Crippen molar-refractivity contribution in [3.63, 3.8) is 0 Å². The number of rotatable bonds is 2. The number of aromatic nitrogens is 2. The molecule has 0 spiro atoms. The highest BCUT2D eigenvalue weighted by Gasteiger charge is 2.23. The van der Waals surface area contributed by atoms with Crippen molar-refractivity contribution < 1.29 is 4.39 Å². The number of piperidine rings is 1. The topological polar surface area (TPSA) is 29.9 Å². The number of hydrogen-bond donors (Lipinski definition) is 1. The monoisotopic (exact) mass is 259 g/mol. The highest BCUT2D eigenvalue weighted by molar-refractivity contribution is 5.63. The van der Waals surface area contributed by atoms with Crippen LogP contribution in [0.4, 0.5) is 4.39 Å². The molecule has 1 aromatic heterocycles. The van der Waals surface area contributed by atoms with Crippen molar-refractivity contribution in [2.75, 3.05) is 13.1 Å². The second-order valence-electron chi connectivity index (χ2n) is 5.09. The number of halogens is 1. The van der Waals surface area contributed by atoms with Crippen LogP contribution < -0.4 is 5.32 Å². The van der Waals surface area contributed by atoms with E-state index in [9.17, 15) is 4.39 Å². The van der Waals surface area contributed by atoms with E-state index >= 15 is 0 Å². The van der Waals surface area contributed by atoms with Crippen LogP contribution in [0.5, 0.6) is 0 Å². The van der Waals surface area contributed by atoms with Gasteiger partial charge in [0, 0.05) is 24.2 Å². The van der Waals surface area contributed by atoms with Crippen molar-refractivity contribution in [2.24, 2.45) is 7.05 Å². The van der Waals surface area contributed by atoms with Gasteiger partial charge in [0.05, 0.1) is 12.0 Å². The summed E-state index contributed by atoms with van der Waals surface area (Å²) in [4.78, 5) is 4.42. The molecule has 1 saturated heterocycles. The number of imidazole rings is 1. The molecule has 19 heavy (non-hydrogen) atoms. The molecule has 0 atom stereocenters. The van der Waals surface area contributed by atoms with E-state index < -0.39 is 0 Å². The fourth-order valence-electron chi connectivity index (χ4n) is 2.88. The van der Waals surface area contributed by atoms with E-state index in [4.69, 9.17) is 0 Å². The van der Waals surface area contributed by atoms with Crippen LogP contribution in [0.1, 0.15) is 24.5 Å². The normalized spacial score (nSPS) is 16.7. The van der Waals surface area contributed by atoms with Crippen LogP contribution in [0.3, 0.4) is 0 Å². The van der Waals surface area contributed by atoms with Crippen LogP contribution in [-0.2, 0) is 7.05 Å². The maximum Gasteiger partial charge on any atom is 0.132 e. The molecule has 2 aromatic rings. The van der Waals surface area contributed by atoms with Crippen molar-refractivity contribution in [2.45, 2.75) is 18.8 Å². The Balaban J connectivity index is 2.05. The van der Waals surface area contributed by atoms with Crippen LogP contribution in [0.2, 0.25) is 0 Å². The van der Waals surface area contributed by atoms with E-state index in [-0.39, 0.29) is 5.82 Å². The molecule has 2 heterocycles. The van der Waals surface area contributed by atoms with E-state index in [2.05, 4.69) is 10.3 Å². The zero-order valence-electron chi connectivity index (χ0n) is 11.1. The summed E-state index contributed by atoms with van der Waals surface area (Å²) in [5.74, 6) is 0.264. The van der Waals surface area contributed by atoms with Gasteiger partial charge in [-0.15, -0.1) is 0 Å². The molecule has 100 valence electrons. The lowest BCUT2D eigenvalue weighted by molar-refractivity contribution is 0.446. The van der Waals surface area contributed by atoms with Gasteiger partial charge in [-0.05, 0) is 38.1 Å². The number of benzene rings is 1. The van der Waals surface area contributed by atoms with Gasteiger partial charge >= 0.3 is 0 Å². The summed E-state index contributed by atoms with van der Waals surface area (Å²) >= 11 is 0. The average molecular weight is 259 g/mol. The van der Waals surface area contributed by atoms with E-state index in [0.717, 1.165) is 37.3 Å². The Morgan fingerprint density at radius 3 is 2.74 bits per heavy atom. The minimum atomic E-state index is -0.198. The Labute approximate surface area is 112 Å². The van der Waals surface area contributed by atoms with Gasteiger partial charge in [0.25, 0.3) is 0 Å². The number of hydrogen-bond acceptors (Lipinski definition) is 2. The number of aryl methyl sites for hydroxylation is 1. The van der Waals surface area contributed by atoms with Crippen molar-refractivity contribution in [3.8, 4) is 11.3 Å². The van der Waals surface area contributed by atoms with Crippen LogP contribution in [-0.4, -0.2) is 22.6 Å². The van der Waals surface area contributed by atoms with Crippen molar-refractivity contribution in [1.82, 2.24) is 14.9 Å². The van der Waals surface area contributed by atoms with Gasteiger partial charge in [-0.2, -0.15) is 0 Å². The third kappa shape index (κ3) is 2.28. The summed E-state index contributed by atoms with van der Waals surface area (Å²) in [7, 11) is 1.99. The lowest BCUT2D eigenvalue weighted by atomic mass is 9.91. The third-order valence-corrected chi connectivity index (χ3v) is 3.84. The molecule has 0 bridgehead atoms. The van der Waals surface area contributed by atoms with Crippen molar-refractivity contribution in [1.29, 1.82) is 0 Å². The number of nitrogens with zero attached hydrogens (tertiary/aromatic N) is 2.